The van der Waals surface area contributed by atoms with Gasteiger partial charge in [0.15, 0.2) is 6.20 Å². The standard InChI is InChI=1S/C10H16N2O/c1-2-3-6-12-7-4-5-9(8-12)10(11)13/h7-8H,2-6H2,1H3,(H-,11,13)/p+1. The Balaban J connectivity index is 2.56. The van der Waals surface area contributed by atoms with Gasteiger partial charge in [0.1, 0.15) is 12.8 Å². The summed E-state index contributed by atoms with van der Waals surface area (Å²) in [7, 11) is 0. The number of rotatable bonds is 4. The molecule has 0 aromatic heterocycles. The Bertz CT molecular complexity index is 254. The lowest BCUT2D eigenvalue weighted by molar-refractivity contribution is -0.456. The molecule has 0 radical (unpaired) electrons. The third-order valence-corrected chi connectivity index (χ3v) is 2.19. The Morgan fingerprint density at radius 2 is 2.46 bits per heavy atom. The molecule has 1 rings (SSSR count). The molecule has 0 saturated heterocycles. The molecule has 0 aromatic rings. The molecule has 1 aliphatic rings. The van der Waals surface area contributed by atoms with E-state index in [0.29, 0.717) is 0 Å². The maximum Gasteiger partial charge on any atom is 0.250 e. The Morgan fingerprint density at radius 1 is 1.69 bits per heavy atom. The van der Waals surface area contributed by atoms with Gasteiger partial charge in [-0.15, -0.1) is 0 Å². The smallest absolute Gasteiger partial charge is 0.250 e. The molecule has 0 aromatic carbocycles. The third-order valence-electron chi connectivity index (χ3n) is 2.19. The Labute approximate surface area is 78.9 Å². The molecular formula is C10H17N2O+. The summed E-state index contributed by atoms with van der Waals surface area (Å²) in [6.45, 7) is 3.15. The molecule has 0 fully saturated rings. The van der Waals surface area contributed by atoms with Crippen LogP contribution < -0.4 is 5.73 Å². The maximum atomic E-state index is 10.9. The number of carbonyl (C=O) groups excluding carboxylic acids is 1. The lowest BCUT2D eigenvalue weighted by Gasteiger charge is -2.05. The number of primary amides is 1. The van der Waals surface area contributed by atoms with Crippen LogP contribution in [0.1, 0.15) is 32.6 Å². The van der Waals surface area contributed by atoms with Gasteiger partial charge in [-0.3, -0.25) is 4.79 Å². The zero-order valence-electron chi connectivity index (χ0n) is 8.12. The van der Waals surface area contributed by atoms with Crippen LogP contribution in [0.2, 0.25) is 0 Å². The number of hydrogen-bond acceptors (Lipinski definition) is 1. The van der Waals surface area contributed by atoms with Crippen LogP contribution in [0.25, 0.3) is 0 Å². The van der Waals surface area contributed by atoms with E-state index < -0.39 is 0 Å². The predicted molar refractivity (Wildman–Crippen MR) is 52.6 cm³/mol. The highest BCUT2D eigenvalue weighted by Crippen LogP contribution is 2.08. The molecular weight excluding hydrogens is 164 g/mol. The van der Waals surface area contributed by atoms with Crippen LogP contribution in [-0.4, -0.2) is 23.2 Å². The van der Waals surface area contributed by atoms with E-state index >= 15 is 0 Å². The molecule has 3 heteroatoms. The highest BCUT2D eigenvalue weighted by molar-refractivity contribution is 5.92. The molecule has 1 aliphatic heterocycles. The monoisotopic (exact) mass is 181 g/mol. The van der Waals surface area contributed by atoms with E-state index in [0.717, 1.165) is 31.4 Å². The molecule has 72 valence electrons. The number of nitrogens with two attached hydrogens (primary N) is 1. The number of amides is 1. The lowest BCUT2D eigenvalue weighted by atomic mass is 10.1. The Morgan fingerprint density at radius 3 is 3.08 bits per heavy atom. The van der Waals surface area contributed by atoms with Crippen molar-refractivity contribution >= 4 is 12.1 Å². The molecule has 0 saturated carbocycles. The minimum absolute atomic E-state index is 0.283. The van der Waals surface area contributed by atoms with Crippen molar-refractivity contribution in [1.29, 1.82) is 0 Å². The fourth-order valence-corrected chi connectivity index (χ4v) is 1.39. The summed E-state index contributed by atoms with van der Waals surface area (Å²) >= 11 is 0. The molecule has 2 N–H and O–H groups in total. The van der Waals surface area contributed by atoms with Crippen molar-refractivity contribution in [2.24, 2.45) is 5.73 Å². The van der Waals surface area contributed by atoms with E-state index in [1.54, 1.807) is 0 Å². The summed E-state index contributed by atoms with van der Waals surface area (Å²) in [5, 5.41) is 0. The van der Waals surface area contributed by atoms with Crippen LogP contribution in [0.4, 0.5) is 0 Å². The number of nitrogens with zero attached hydrogens (tertiary/aromatic N) is 1. The molecule has 0 atom stereocenters. The van der Waals surface area contributed by atoms with Crippen molar-refractivity contribution in [3.05, 3.63) is 11.8 Å². The molecule has 13 heavy (non-hydrogen) atoms. The summed E-state index contributed by atoms with van der Waals surface area (Å²) in [5.41, 5.74) is 5.96. The van der Waals surface area contributed by atoms with Crippen LogP contribution >= 0.6 is 0 Å². The van der Waals surface area contributed by atoms with Gasteiger partial charge in [-0.2, -0.15) is 0 Å². The quantitative estimate of drug-likeness (QED) is 0.647. The first-order valence-corrected chi connectivity index (χ1v) is 4.83. The molecule has 0 aliphatic carbocycles. The summed E-state index contributed by atoms with van der Waals surface area (Å²) in [5.74, 6) is -0.283. The first-order chi connectivity index (χ1) is 6.24. The van der Waals surface area contributed by atoms with Gasteiger partial charge in [0.2, 0.25) is 0 Å². The van der Waals surface area contributed by atoms with Gasteiger partial charge in [0.05, 0.1) is 5.57 Å². The second-order valence-corrected chi connectivity index (χ2v) is 3.33. The van der Waals surface area contributed by atoms with Gasteiger partial charge < -0.3 is 5.73 Å². The van der Waals surface area contributed by atoms with Crippen LogP contribution in [0, 0.1) is 0 Å². The minimum atomic E-state index is -0.283. The highest BCUT2D eigenvalue weighted by atomic mass is 16.1. The molecule has 0 unspecified atom stereocenters. The van der Waals surface area contributed by atoms with Gasteiger partial charge in [0.25, 0.3) is 5.91 Å². The third kappa shape index (κ3) is 3.01. The van der Waals surface area contributed by atoms with Crippen LogP contribution in [0.15, 0.2) is 11.8 Å². The second kappa shape index (κ2) is 4.80. The lowest BCUT2D eigenvalue weighted by Crippen LogP contribution is -2.21. The van der Waals surface area contributed by atoms with Crippen molar-refractivity contribution in [3.8, 4) is 0 Å². The largest absolute Gasteiger partial charge is 0.366 e. The van der Waals surface area contributed by atoms with Gasteiger partial charge in [-0.05, 0) is 6.42 Å². The van der Waals surface area contributed by atoms with E-state index in [1.807, 2.05) is 6.20 Å². The van der Waals surface area contributed by atoms with E-state index in [-0.39, 0.29) is 5.91 Å². The fourth-order valence-electron chi connectivity index (χ4n) is 1.39. The van der Waals surface area contributed by atoms with Crippen LogP contribution in [-0.2, 0) is 4.79 Å². The number of carbonyl (C=O) groups is 1. The fraction of sp³-hybridized carbons (Fsp3) is 0.600. The summed E-state index contributed by atoms with van der Waals surface area (Å²) in [6.07, 6.45) is 8.04. The zero-order valence-corrected chi connectivity index (χ0v) is 8.12. The van der Waals surface area contributed by atoms with Crippen LogP contribution in [0.5, 0.6) is 0 Å². The van der Waals surface area contributed by atoms with Crippen molar-refractivity contribution in [1.82, 2.24) is 0 Å². The number of hydrogen-bond donors (Lipinski definition) is 1. The molecule has 1 amide bonds. The minimum Gasteiger partial charge on any atom is -0.366 e. The second-order valence-electron chi connectivity index (χ2n) is 3.33. The van der Waals surface area contributed by atoms with Gasteiger partial charge >= 0.3 is 0 Å². The first-order valence-electron chi connectivity index (χ1n) is 4.83. The van der Waals surface area contributed by atoms with E-state index in [4.69, 9.17) is 5.73 Å². The average molecular weight is 181 g/mol. The average Bonchev–Trinajstić information content (AvgIpc) is 2.15. The maximum absolute atomic E-state index is 10.9. The summed E-state index contributed by atoms with van der Waals surface area (Å²) in [4.78, 5) is 10.9. The molecule has 0 bridgehead atoms. The molecule has 1 heterocycles. The highest BCUT2D eigenvalue weighted by Gasteiger charge is 2.14. The molecule has 3 nitrogen and oxygen atoms in total. The topological polar surface area (TPSA) is 46.1 Å². The van der Waals surface area contributed by atoms with Crippen molar-refractivity contribution in [3.63, 3.8) is 0 Å². The van der Waals surface area contributed by atoms with Crippen molar-refractivity contribution < 1.29 is 9.37 Å². The number of unbranched alkanes of at least 4 members (excludes halogenated alkanes) is 1. The van der Waals surface area contributed by atoms with Gasteiger partial charge in [-0.1, -0.05) is 13.3 Å². The van der Waals surface area contributed by atoms with E-state index in [2.05, 4.69) is 17.7 Å². The van der Waals surface area contributed by atoms with Crippen LogP contribution in [0.3, 0.4) is 0 Å². The van der Waals surface area contributed by atoms with Crippen molar-refractivity contribution in [2.45, 2.75) is 32.6 Å². The first kappa shape index (κ1) is 9.96. The van der Waals surface area contributed by atoms with Crippen molar-refractivity contribution in [2.75, 3.05) is 6.54 Å². The predicted octanol–water partition coefficient (Wildman–Crippen LogP) is 1.03. The van der Waals surface area contributed by atoms with Gasteiger partial charge in [-0.25, -0.2) is 4.58 Å². The van der Waals surface area contributed by atoms with E-state index in [9.17, 15) is 4.79 Å². The molecule has 0 spiro atoms. The zero-order chi connectivity index (χ0) is 9.68. The Hall–Kier alpha value is -1.12. The van der Waals surface area contributed by atoms with E-state index in [1.165, 1.54) is 6.42 Å². The SMILES string of the molecule is CCCC[N+]1=CCCC(C(N)=O)=C1. The normalized spacial score (nSPS) is 16.4. The van der Waals surface area contributed by atoms with Gasteiger partial charge in [0, 0.05) is 12.8 Å². The summed E-state index contributed by atoms with van der Waals surface area (Å²) in [6, 6.07) is 0. The summed E-state index contributed by atoms with van der Waals surface area (Å²) < 4.78 is 2.08. The Kier molecular flexibility index (Phi) is 3.68.